The number of hydrogen-bond donors (Lipinski definition) is 3. The number of carboxylic acid groups (broad SMARTS) is 1. The van der Waals surface area contributed by atoms with Gasteiger partial charge in [-0.1, -0.05) is 30.3 Å². The van der Waals surface area contributed by atoms with Crippen molar-refractivity contribution < 1.29 is 24.2 Å². The van der Waals surface area contributed by atoms with Gasteiger partial charge in [-0.3, -0.25) is 9.59 Å². The van der Waals surface area contributed by atoms with Crippen LogP contribution in [0.4, 0.5) is 4.79 Å². The molecule has 0 spiro atoms. The van der Waals surface area contributed by atoms with Crippen LogP contribution >= 0.6 is 0 Å². The average Bonchev–Trinajstić information content (AvgIpc) is 2.82. The molecule has 1 aliphatic rings. The van der Waals surface area contributed by atoms with E-state index >= 15 is 0 Å². The zero-order chi connectivity index (χ0) is 15.7. The molecular formula is C14H18N2O5. The number of carbonyl (C=O) groups is 3. The van der Waals surface area contributed by atoms with E-state index in [1.807, 2.05) is 30.3 Å². The number of rotatable bonds is 3. The molecule has 1 atom stereocenters. The molecule has 1 unspecified atom stereocenters. The van der Waals surface area contributed by atoms with Crippen LogP contribution in [0.5, 0.6) is 0 Å². The lowest BCUT2D eigenvalue weighted by atomic mass is 10.2. The second-order valence-corrected chi connectivity index (χ2v) is 4.38. The molecular weight excluding hydrogens is 276 g/mol. The Balaban J connectivity index is 0.000000491. The van der Waals surface area contributed by atoms with E-state index in [1.54, 1.807) is 0 Å². The van der Waals surface area contributed by atoms with Crippen molar-refractivity contribution in [3.63, 3.8) is 0 Å². The summed E-state index contributed by atoms with van der Waals surface area (Å²) in [5.41, 5.74) is 0.929. The number of alkyl carbamates (subject to hydrolysis) is 1. The van der Waals surface area contributed by atoms with Crippen molar-refractivity contribution in [3.8, 4) is 0 Å². The molecule has 7 heteroatoms. The summed E-state index contributed by atoms with van der Waals surface area (Å²) in [6.07, 6.45) is 0.245. The Morgan fingerprint density at radius 3 is 2.52 bits per heavy atom. The van der Waals surface area contributed by atoms with Crippen LogP contribution in [-0.4, -0.2) is 29.2 Å². The van der Waals surface area contributed by atoms with Gasteiger partial charge in [0, 0.05) is 13.3 Å². The lowest BCUT2D eigenvalue weighted by molar-refractivity contribution is -0.134. The molecule has 0 saturated carbocycles. The van der Waals surface area contributed by atoms with Crippen LogP contribution in [0.1, 0.15) is 25.3 Å². The van der Waals surface area contributed by atoms with Crippen LogP contribution in [0.15, 0.2) is 30.3 Å². The largest absolute Gasteiger partial charge is 0.481 e. The molecule has 0 aromatic heterocycles. The SMILES string of the molecule is CC(=O)O.O=C1CCC(NC(=O)OCc2ccccc2)N1. The van der Waals surface area contributed by atoms with Crippen LogP contribution in [0, 0.1) is 0 Å². The monoisotopic (exact) mass is 294 g/mol. The maximum atomic E-state index is 11.4. The normalized spacial score (nSPS) is 16.2. The minimum absolute atomic E-state index is 0.0432. The molecule has 2 amide bonds. The lowest BCUT2D eigenvalue weighted by Crippen LogP contribution is -2.42. The topological polar surface area (TPSA) is 105 Å². The van der Waals surface area contributed by atoms with Gasteiger partial charge in [0.2, 0.25) is 5.91 Å². The van der Waals surface area contributed by atoms with Gasteiger partial charge in [-0.25, -0.2) is 4.79 Å². The number of nitrogens with one attached hydrogen (secondary N) is 2. The Morgan fingerprint density at radius 2 is 2.00 bits per heavy atom. The fourth-order valence-corrected chi connectivity index (χ4v) is 1.63. The van der Waals surface area contributed by atoms with Crippen molar-refractivity contribution in [3.05, 3.63) is 35.9 Å². The van der Waals surface area contributed by atoms with Crippen molar-refractivity contribution in [2.24, 2.45) is 0 Å². The summed E-state index contributed by atoms with van der Waals surface area (Å²) in [6.45, 7) is 1.31. The first-order chi connectivity index (χ1) is 9.97. The number of hydrogen-bond acceptors (Lipinski definition) is 4. The van der Waals surface area contributed by atoms with E-state index < -0.39 is 12.1 Å². The van der Waals surface area contributed by atoms with Crippen LogP contribution in [0.25, 0.3) is 0 Å². The molecule has 0 bridgehead atoms. The van der Waals surface area contributed by atoms with Crippen LogP contribution < -0.4 is 10.6 Å². The molecule has 1 aliphatic heterocycles. The summed E-state index contributed by atoms with van der Waals surface area (Å²) >= 11 is 0. The highest BCUT2D eigenvalue weighted by atomic mass is 16.5. The third-order valence-electron chi connectivity index (χ3n) is 2.50. The van der Waals surface area contributed by atoms with E-state index in [9.17, 15) is 9.59 Å². The Hall–Kier alpha value is -2.57. The number of aliphatic carboxylic acids is 1. The summed E-state index contributed by atoms with van der Waals surface area (Å²) in [4.78, 5) is 31.3. The number of carboxylic acids is 1. The summed E-state index contributed by atoms with van der Waals surface area (Å²) in [5.74, 6) is -0.877. The summed E-state index contributed by atoms with van der Waals surface area (Å²) in [6, 6.07) is 9.43. The summed E-state index contributed by atoms with van der Waals surface area (Å²) in [5, 5.41) is 12.6. The predicted molar refractivity (Wildman–Crippen MR) is 74.2 cm³/mol. The van der Waals surface area contributed by atoms with Gasteiger partial charge >= 0.3 is 6.09 Å². The second kappa shape index (κ2) is 8.57. The fraction of sp³-hybridized carbons (Fsp3) is 0.357. The Bertz CT molecular complexity index is 485. The third-order valence-corrected chi connectivity index (χ3v) is 2.50. The van der Waals surface area contributed by atoms with E-state index in [1.165, 1.54) is 0 Å². The number of carbonyl (C=O) groups excluding carboxylic acids is 2. The minimum Gasteiger partial charge on any atom is -0.481 e. The second-order valence-electron chi connectivity index (χ2n) is 4.38. The number of benzene rings is 1. The number of ether oxygens (including phenoxy) is 1. The van der Waals surface area contributed by atoms with Crippen LogP contribution in [0.3, 0.4) is 0 Å². The van der Waals surface area contributed by atoms with Crippen molar-refractivity contribution in [1.82, 2.24) is 10.6 Å². The fourth-order valence-electron chi connectivity index (χ4n) is 1.63. The summed E-state index contributed by atoms with van der Waals surface area (Å²) < 4.78 is 5.02. The van der Waals surface area contributed by atoms with Gasteiger partial charge in [0.25, 0.3) is 5.97 Å². The Kier molecular flexibility index (Phi) is 6.73. The maximum absolute atomic E-state index is 11.4. The Morgan fingerprint density at radius 1 is 1.38 bits per heavy atom. The molecule has 1 aromatic rings. The zero-order valence-electron chi connectivity index (χ0n) is 11.7. The average molecular weight is 294 g/mol. The first-order valence-corrected chi connectivity index (χ1v) is 6.43. The minimum atomic E-state index is -0.833. The van der Waals surface area contributed by atoms with Crippen molar-refractivity contribution in [1.29, 1.82) is 0 Å². The van der Waals surface area contributed by atoms with Crippen molar-refractivity contribution in [2.45, 2.75) is 32.5 Å². The first kappa shape index (κ1) is 16.5. The maximum Gasteiger partial charge on any atom is 0.409 e. The molecule has 2 rings (SSSR count). The molecule has 0 aliphatic carbocycles. The first-order valence-electron chi connectivity index (χ1n) is 6.43. The highest BCUT2D eigenvalue weighted by Gasteiger charge is 2.22. The standard InChI is InChI=1S/C12H14N2O3.C2H4O2/c15-11-7-6-10(13-11)14-12(16)17-8-9-4-2-1-3-5-9;1-2(3)4/h1-5,10H,6-8H2,(H,13,15)(H,14,16);1H3,(H,3,4). The highest BCUT2D eigenvalue weighted by Crippen LogP contribution is 2.05. The molecule has 7 nitrogen and oxygen atoms in total. The number of amides is 2. The van der Waals surface area contributed by atoms with Gasteiger partial charge in [0.15, 0.2) is 0 Å². The molecule has 114 valence electrons. The van der Waals surface area contributed by atoms with Crippen molar-refractivity contribution in [2.75, 3.05) is 0 Å². The van der Waals surface area contributed by atoms with Gasteiger partial charge in [0.1, 0.15) is 12.8 Å². The van der Waals surface area contributed by atoms with E-state index in [4.69, 9.17) is 14.6 Å². The van der Waals surface area contributed by atoms with Gasteiger partial charge < -0.3 is 20.5 Å². The van der Waals surface area contributed by atoms with Crippen molar-refractivity contribution >= 4 is 18.0 Å². The molecule has 21 heavy (non-hydrogen) atoms. The molecule has 0 radical (unpaired) electrons. The van der Waals surface area contributed by atoms with Crippen LogP contribution in [-0.2, 0) is 20.9 Å². The molecule has 3 N–H and O–H groups in total. The quantitative estimate of drug-likeness (QED) is 0.778. The lowest BCUT2D eigenvalue weighted by Gasteiger charge is -2.12. The molecule has 1 aromatic carbocycles. The van der Waals surface area contributed by atoms with E-state index in [2.05, 4.69) is 10.6 Å². The highest BCUT2D eigenvalue weighted by molar-refractivity contribution is 5.79. The van der Waals surface area contributed by atoms with Gasteiger partial charge in [-0.05, 0) is 12.0 Å². The predicted octanol–water partition coefficient (Wildman–Crippen LogP) is 1.24. The third kappa shape index (κ3) is 7.56. The van der Waals surface area contributed by atoms with Crippen LogP contribution in [0.2, 0.25) is 0 Å². The van der Waals surface area contributed by atoms with E-state index in [0.29, 0.717) is 12.8 Å². The summed E-state index contributed by atoms with van der Waals surface area (Å²) in [7, 11) is 0. The Labute approximate surface area is 122 Å². The van der Waals surface area contributed by atoms with Gasteiger partial charge in [0.05, 0.1) is 0 Å². The van der Waals surface area contributed by atoms with Gasteiger partial charge in [-0.2, -0.15) is 0 Å². The molecule has 1 saturated heterocycles. The van der Waals surface area contributed by atoms with E-state index in [0.717, 1.165) is 12.5 Å². The molecule has 1 fully saturated rings. The van der Waals surface area contributed by atoms with E-state index in [-0.39, 0.29) is 18.7 Å². The van der Waals surface area contributed by atoms with Gasteiger partial charge in [-0.15, -0.1) is 0 Å². The molecule has 1 heterocycles. The smallest absolute Gasteiger partial charge is 0.409 e. The zero-order valence-corrected chi connectivity index (χ0v) is 11.7.